The van der Waals surface area contributed by atoms with Gasteiger partial charge in [0.25, 0.3) is 0 Å². The van der Waals surface area contributed by atoms with Crippen LogP contribution in [0, 0.1) is 0 Å². The first-order valence-electron chi connectivity index (χ1n) is 6.98. The summed E-state index contributed by atoms with van der Waals surface area (Å²) in [6, 6.07) is 5.31. The van der Waals surface area contributed by atoms with Crippen LogP contribution in [0.15, 0.2) is 18.2 Å². The molecule has 1 aromatic rings. The SMILES string of the molecule is CC1(C)CC(O)c2ccc(OCCCS(C)(=O)=O)cc2O1. The first kappa shape index (κ1) is 16.1. The number of rotatable bonds is 5. The van der Waals surface area contributed by atoms with Gasteiger partial charge in [0.05, 0.1) is 18.5 Å². The average molecular weight is 314 g/mol. The summed E-state index contributed by atoms with van der Waals surface area (Å²) >= 11 is 0. The Kier molecular flexibility index (Phi) is 4.49. The van der Waals surface area contributed by atoms with Gasteiger partial charge in [0.2, 0.25) is 0 Å². The zero-order valence-electron chi connectivity index (χ0n) is 12.6. The Balaban J connectivity index is 2.01. The summed E-state index contributed by atoms with van der Waals surface area (Å²) < 4.78 is 33.5. The lowest BCUT2D eigenvalue weighted by molar-refractivity contribution is 0.0113. The van der Waals surface area contributed by atoms with Crippen molar-refractivity contribution >= 4 is 9.84 Å². The zero-order chi connectivity index (χ0) is 15.7. The number of aliphatic hydroxyl groups is 1. The molecular formula is C15H22O5S. The van der Waals surface area contributed by atoms with Gasteiger partial charge >= 0.3 is 0 Å². The Morgan fingerprint density at radius 1 is 1.43 bits per heavy atom. The van der Waals surface area contributed by atoms with Crippen molar-refractivity contribution < 1.29 is 23.0 Å². The molecule has 0 aliphatic carbocycles. The second kappa shape index (κ2) is 5.85. The van der Waals surface area contributed by atoms with E-state index in [-0.39, 0.29) is 5.75 Å². The van der Waals surface area contributed by atoms with Gasteiger partial charge in [0, 0.05) is 24.3 Å². The van der Waals surface area contributed by atoms with Crippen LogP contribution < -0.4 is 9.47 Å². The van der Waals surface area contributed by atoms with Crippen molar-refractivity contribution in [2.24, 2.45) is 0 Å². The largest absolute Gasteiger partial charge is 0.493 e. The molecule has 21 heavy (non-hydrogen) atoms. The van der Waals surface area contributed by atoms with Crippen LogP contribution in [0.5, 0.6) is 11.5 Å². The molecule has 1 heterocycles. The molecule has 0 radical (unpaired) electrons. The van der Waals surface area contributed by atoms with Crippen LogP contribution in [0.4, 0.5) is 0 Å². The molecule has 0 amide bonds. The van der Waals surface area contributed by atoms with Gasteiger partial charge in [-0.25, -0.2) is 8.42 Å². The zero-order valence-corrected chi connectivity index (χ0v) is 13.4. The van der Waals surface area contributed by atoms with Crippen molar-refractivity contribution in [1.29, 1.82) is 0 Å². The van der Waals surface area contributed by atoms with E-state index in [4.69, 9.17) is 9.47 Å². The van der Waals surface area contributed by atoms with Crippen molar-refractivity contribution in [2.75, 3.05) is 18.6 Å². The van der Waals surface area contributed by atoms with E-state index in [9.17, 15) is 13.5 Å². The lowest BCUT2D eigenvalue weighted by atomic mass is 9.92. The first-order valence-corrected chi connectivity index (χ1v) is 9.04. The third-order valence-electron chi connectivity index (χ3n) is 3.34. The normalized spacial score (nSPS) is 20.5. The number of aliphatic hydroxyl groups excluding tert-OH is 1. The van der Waals surface area contributed by atoms with E-state index < -0.39 is 21.5 Å². The summed E-state index contributed by atoms with van der Waals surface area (Å²) in [5, 5.41) is 10.1. The minimum Gasteiger partial charge on any atom is -0.493 e. The maximum Gasteiger partial charge on any atom is 0.147 e. The predicted molar refractivity (Wildman–Crippen MR) is 80.5 cm³/mol. The number of hydrogen-bond donors (Lipinski definition) is 1. The van der Waals surface area contributed by atoms with Crippen LogP contribution in [0.3, 0.4) is 0 Å². The Hall–Kier alpha value is -1.27. The van der Waals surface area contributed by atoms with E-state index in [0.29, 0.717) is 30.9 Å². The minimum atomic E-state index is -2.95. The van der Waals surface area contributed by atoms with E-state index in [1.165, 1.54) is 6.26 Å². The highest BCUT2D eigenvalue weighted by molar-refractivity contribution is 7.90. The fraction of sp³-hybridized carbons (Fsp3) is 0.600. The highest BCUT2D eigenvalue weighted by Crippen LogP contribution is 2.40. The lowest BCUT2D eigenvalue weighted by Crippen LogP contribution is -2.34. The van der Waals surface area contributed by atoms with Crippen molar-refractivity contribution in [2.45, 2.75) is 38.4 Å². The van der Waals surface area contributed by atoms with Gasteiger partial charge in [0.1, 0.15) is 26.9 Å². The van der Waals surface area contributed by atoms with E-state index in [1.54, 1.807) is 18.2 Å². The predicted octanol–water partition coefficient (Wildman–Crippen LogP) is 2.09. The van der Waals surface area contributed by atoms with Gasteiger partial charge in [-0.2, -0.15) is 0 Å². The van der Waals surface area contributed by atoms with Crippen LogP contribution in [-0.2, 0) is 9.84 Å². The molecule has 0 fully saturated rings. The Morgan fingerprint density at radius 2 is 2.14 bits per heavy atom. The van der Waals surface area contributed by atoms with Crippen molar-refractivity contribution in [1.82, 2.24) is 0 Å². The van der Waals surface area contributed by atoms with Gasteiger partial charge in [-0.3, -0.25) is 0 Å². The monoisotopic (exact) mass is 314 g/mol. The number of benzene rings is 1. The van der Waals surface area contributed by atoms with Crippen LogP contribution in [0.1, 0.15) is 38.4 Å². The highest BCUT2D eigenvalue weighted by atomic mass is 32.2. The number of ether oxygens (including phenoxy) is 2. The van der Waals surface area contributed by atoms with Gasteiger partial charge < -0.3 is 14.6 Å². The fourth-order valence-corrected chi connectivity index (χ4v) is 3.04. The maximum atomic E-state index is 11.0. The molecule has 5 nitrogen and oxygen atoms in total. The summed E-state index contributed by atoms with van der Waals surface area (Å²) in [5.74, 6) is 1.35. The molecular weight excluding hydrogens is 292 g/mol. The topological polar surface area (TPSA) is 72.8 Å². The molecule has 1 atom stereocenters. The molecule has 1 unspecified atom stereocenters. The molecule has 118 valence electrons. The Labute approximate surface area is 125 Å². The molecule has 0 spiro atoms. The van der Waals surface area contributed by atoms with Crippen LogP contribution >= 0.6 is 0 Å². The molecule has 6 heteroatoms. The fourth-order valence-electron chi connectivity index (χ4n) is 2.39. The molecule has 0 bridgehead atoms. The van der Waals surface area contributed by atoms with Crippen molar-refractivity contribution in [3.8, 4) is 11.5 Å². The molecule has 1 aromatic carbocycles. The number of sulfone groups is 1. The van der Waals surface area contributed by atoms with Crippen LogP contribution in [-0.4, -0.2) is 37.7 Å². The standard InChI is InChI=1S/C15H22O5S/c1-15(2)10-13(16)12-6-5-11(9-14(12)20-15)19-7-4-8-21(3,17)18/h5-6,9,13,16H,4,7-8,10H2,1-3H3. The minimum absolute atomic E-state index is 0.111. The Bertz CT molecular complexity index is 606. The molecule has 1 aliphatic rings. The summed E-state index contributed by atoms with van der Waals surface area (Å²) in [4.78, 5) is 0. The summed E-state index contributed by atoms with van der Waals surface area (Å²) in [5.41, 5.74) is 0.347. The molecule has 1 aliphatic heterocycles. The first-order chi connectivity index (χ1) is 9.66. The molecule has 0 saturated heterocycles. The van der Waals surface area contributed by atoms with Gasteiger partial charge in [-0.1, -0.05) is 0 Å². The molecule has 0 aromatic heterocycles. The molecule has 1 N–H and O–H groups in total. The van der Waals surface area contributed by atoms with Crippen LogP contribution in [0.2, 0.25) is 0 Å². The third-order valence-corrected chi connectivity index (χ3v) is 4.37. The second-order valence-corrected chi connectivity index (χ2v) is 8.37. The molecule has 2 rings (SSSR count). The number of hydrogen-bond acceptors (Lipinski definition) is 5. The van der Waals surface area contributed by atoms with E-state index in [0.717, 1.165) is 5.56 Å². The van der Waals surface area contributed by atoms with Gasteiger partial charge in [-0.05, 0) is 32.4 Å². The maximum absolute atomic E-state index is 11.0. The third kappa shape index (κ3) is 4.61. The quantitative estimate of drug-likeness (QED) is 0.843. The van der Waals surface area contributed by atoms with E-state index >= 15 is 0 Å². The smallest absolute Gasteiger partial charge is 0.147 e. The van der Waals surface area contributed by atoms with Crippen LogP contribution in [0.25, 0.3) is 0 Å². The van der Waals surface area contributed by atoms with Crippen molar-refractivity contribution in [3.05, 3.63) is 23.8 Å². The highest BCUT2D eigenvalue weighted by Gasteiger charge is 2.32. The Morgan fingerprint density at radius 3 is 2.81 bits per heavy atom. The van der Waals surface area contributed by atoms with Gasteiger partial charge in [-0.15, -0.1) is 0 Å². The van der Waals surface area contributed by atoms with E-state index in [2.05, 4.69) is 0 Å². The summed E-state index contributed by atoms with van der Waals surface area (Å²) in [6.45, 7) is 4.19. The summed E-state index contributed by atoms with van der Waals surface area (Å²) in [6.07, 6.45) is 1.67. The number of fused-ring (bicyclic) bond motifs is 1. The van der Waals surface area contributed by atoms with Crippen molar-refractivity contribution in [3.63, 3.8) is 0 Å². The summed E-state index contributed by atoms with van der Waals surface area (Å²) in [7, 11) is -2.95. The van der Waals surface area contributed by atoms with Gasteiger partial charge in [0.15, 0.2) is 0 Å². The van der Waals surface area contributed by atoms with E-state index in [1.807, 2.05) is 13.8 Å². The lowest BCUT2D eigenvalue weighted by Gasteiger charge is -2.35. The average Bonchev–Trinajstić information content (AvgIpc) is 2.31. The molecule has 0 saturated carbocycles. The second-order valence-electron chi connectivity index (χ2n) is 6.11.